The van der Waals surface area contributed by atoms with Gasteiger partial charge in [-0.1, -0.05) is 0 Å². The van der Waals surface area contributed by atoms with Crippen LogP contribution in [0.4, 0.5) is 0 Å². The van der Waals surface area contributed by atoms with Crippen molar-refractivity contribution in [3.8, 4) is 0 Å². The number of likely N-dealkylation sites (tertiary alicyclic amines) is 1. The number of amides is 2. The Bertz CT molecular complexity index is 316. The molecule has 1 aliphatic heterocycles. The molecule has 0 saturated carbocycles. The van der Waals surface area contributed by atoms with Gasteiger partial charge in [0.1, 0.15) is 0 Å². The quantitative estimate of drug-likeness (QED) is 0.402. The van der Waals surface area contributed by atoms with E-state index in [0.29, 0.717) is 6.42 Å². The lowest BCUT2D eigenvalue weighted by Crippen LogP contribution is -3.00. The van der Waals surface area contributed by atoms with Crippen LogP contribution in [-0.2, 0) is 9.59 Å². The Labute approximate surface area is 128 Å². The van der Waals surface area contributed by atoms with E-state index in [-0.39, 0.29) is 30.8 Å². The maximum Gasteiger partial charge on any atom is 0.239 e. The molecule has 0 bridgehead atoms. The molecule has 0 aromatic carbocycles. The monoisotopic (exact) mass is 305 g/mol. The van der Waals surface area contributed by atoms with Crippen molar-refractivity contribution in [2.24, 2.45) is 0 Å². The largest absolute Gasteiger partial charge is 1.00 e. The van der Waals surface area contributed by atoms with Gasteiger partial charge < -0.3 is 27.1 Å². The normalized spacial score (nSPS) is 15.2. The number of halogens is 1. The van der Waals surface area contributed by atoms with Gasteiger partial charge in [-0.05, 0) is 25.7 Å². The summed E-state index contributed by atoms with van der Waals surface area (Å²) in [6, 6.07) is 0. The first-order chi connectivity index (χ1) is 8.88. The molecule has 0 aliphatic carbocycles. The lowest BCUT2D eigenvalue weighted by Gasteiger charge is -2.23. The highest BCUT2D eigenvalue weighted by Crippen LogP contribution is 2.08. The molecule has 1 heterocycles. The van der Waals surface area contributed by atoms with E-state index in [0.717, 1.165) is 43.4 Å². The molecule has 0 aromatic heterocycles. The second kappa shape index (κ2) is 9.19. The molecular weight excluding hydrogens is 278 g/mol. The average molecular weight is 306 g/mol. The summed E-state index contributed by atoms with van der Waals surface area (Å²) in [6.07, 6.45) is 4.82. The van der Waals surface area contributed by atoms with Crippen LogP contribution < -0.4 is 17.7 Å². The zero-order valence-electron chi connectivity index (χ0n) is 13.0. The number of nitrogens with one attached hydrogen (secondary N) is 1. The van der Waals surface area contributed by atoms with E-state index in [2.05, 4.69) is 26.5 Å². The summed E-state index contributed by atoms with van der Waals surface area (Å²) < 4.78 is 0.990. The smallest absolute Gasteiger partial charge is 0.239 e. The first-order valence-electron chi connectivity index (χ1n) is 7.23. The van der Waals surface area contributed by atoms with Crippen molar-refractivity contribution in [1.82, 2.24) is 10.2 Å². The van der Waals surface area contributed by atoms with E-state index in [4.69, 9.17) is 0 Å². The van der Waals surface area contributed by atoms with E-state index in [1.165, 1.54) is 6.42 Å². The molecule has 0 unspecified atom stereocenters. The summed E-state index contributed by atoms with van der Waals surface area (Å²) in [5, 5.41) is 2.89. The third kappa shape index (κ3) is 8.38. The average Bonchev–Trinajstić information content (AvgIpc) is 2.68. The van der Waals surface area contributed by atoms with Crippen molar-refractivity contribution >= 4 is 11.8 Å². The summed E-state index contributed by atoms with van der Waals surface area (Å²) in [5.74, 6) is 0.0833. The molecule has 6 heteroatoms. The summed E-state index contributed by atoms with van der Waals surface area (Å²) >= 11 is 0. The molecule has 0 radical (unpaired) electrons. The van der Waals surface area contributed by atoms with Gasteiger partial charge in [-0.3, -0.25) is 9.59 Å². The van der Waals surface area contributed by atoms with Gasteiger partial charge in [0.2, 0.25) is 11.8 Å². The zero-order valence-corrected chi connectivity index (χ0v) is 13.7. The standard InChI is InChI=1S/C14H27N3O2.ClH/c1-17(2,3)11-6-4-5-9-15-13(18)12-16-10-7-8-14(16)19;/h4-12H2,1-3H3;1H. The van der Waals surface area contributed by atoms with Gasteiger partial charge in [-0.15, -0.1) is 0 Å². The molecule has 1 N–H and O–H groups in total. The van der Waals surface area contributed by atoms with Crippen LogP contribution in [0.1, 0.15) is 32.1 Å². The number of rotatable bonds is 8. The number of quaternary nitrogens is 1. The minimum Gasteiger partial charge on any atom is -1.00 e. The van der Waals surface area contributed by atoms with Gasteiger partial charge >= 0.3 is 0 Å². The van der Waals surface area contributed by atoms with Gasteiger partial charge in [-0.25, -0.2) is 0 Å². The van der Waals surface area contributed by atoms with Crippen molar-refractivity contribution in [2.75, 3.05) is 47.3 Å². The second-order valence-electron chi connectivity index (χ2n) is 6.34. The highest BCUT2D eigenvalue weighted by molar-refractivity contribution is 5.85. The molecule has 20 heavy (non-hydrogen) atoms. The molecule has 0 atom stereocenters. The van der Waals surface area contributed by atoms with Crippen LogP contribution in [0.2, 0.25) is 0 Å². The Balaban J connectivity index is 0.00000361. The third-order valence-corrected chi connectivity index (χ3v) is 3.33. The maximum atomic E-state index is 11.6. The Morgan fingerprint density at radius 3 is 2.50 bits per heavy atom. The second-order valence-corrected chi connectivity index (χ2v) is 6.34. The van der Waals surface area contributed by atoms with E-state index < -0.39 is 0 Å². The number of carbonyl (C=O) groups excluding carboxylic acids is 2. The number of unbranched alkanes of at least 4 members (excludes halogenated alkanes) is 2. The summed E-state index contributed by atoms with van der Waals surface area (Å²) in [7, 11) is 6.57. The predicted molar refractivity (Wildman–Crippen MR) is 75.6 cm³/mol. The topological polar surface area (TPSA) is 49.4 Å². The highest BCUT2D eigenvalue weighted by Gasteiger charge is 2.21. The first-order valence-corrected chi connectivity index (χ1v) is 7.23. The van der Waals surface area contributed by atoms with E-state index >= 15 is 0 Å². The van der Waals surface area contributed by atoms with E-state index in [9.17, 15) is 9.59 Å². The zero-order chi connectivity index (χ0) is 14.3. The van der Waals surface area contributed by atoms with Crippen LogP contribution in [0.15, 0.2) is 0 Å². The van der Waals surface area contributed by atoms with Crippen LogP contribution in [-0.4, -0.2) is 68.5 Å². The third-order valence-electron chi connectivity index (χ3n) is 3.33. The number of hydrogen-bond acceptors (Lipinski definition) is 2. The van der Waals surface area contributed by atoms with Crippen molar-refractivity contribution in [1.29, 1.82) is 0 Å². The van der Waals surface area contributed by atoms with Crippen LogP contribution in [0.3, 0.4) is 0 Å². The Hall–Kier alpha value is -0.810. The van der Waals surface area contributed by atoms with Gasteiger partial charge in [0, 0.05) is 19.5 Å². The molecule has 2 amide bonds. The molecule has 1 saturated heterocycles. The first kappa shape index (κ1) is 19.2. The van der Waals surface area contributed by atoms with E-state index in [1.807, 2.05) is 0 Å². The Morgan fingerprint density at radius 1 is 1.25 bits per heavy atom. The minimum absolute atomic E-state index is 0. The van der Waals surface area contributed by atoms with Gasteiger partial charge in [0.15, 0.2) is 0 Å². The minimum atomic E-state index is -0.0261. The van der Waals surface area contributed by atoms with Gasteiger partial charge in [0.05, 0.1) is 34.2 Å². The number of carbonyl (C=O) groups is 2. The summed E-state index contributed by atoms with van der Waals surface area (Å²) in [6.45, 7) is 2.85. The fourth-order valence-corrected chi connectivity index (χ4v) is 2.22. The number of nitrogens with zero attached hydrogens (tertiary/aromatic N) is 2. The molecule has 1 rings (SSSR count). The van der Waals surface area contributed by atoms with Crippen LogP contribution in [0.5, 0.6) is 0 Å². The van der Waals surface area contributed by atoms with Crippen molar-refractivity contribution in [2.45, 2.75) is 32.1 Å². The highest BCUT2D eigenvalue weighted by atomic mass is 35.5. The number of hydrogen-bond donors (Lipinski definition) is 1. The Morgan fingerprint density at radius 2 is 1.95 bits per heavy atom. The van der Waals surface area contributed by atoms with Gasteiger partial charge in [-0.2, -0.15) is 0 Å². The lowest BCUT2D eigenvalue weighted by molar-refractivity contribution is -0.870. The van der Waals surface area contributed by atoms with Crippen molar-refractivity contribution in [3.05, 3.63) is 0 Å². The molecular formula is C14H28ClN3O2. The lowest BCUT2D eigenvalue weighted by atomic mass is 10.2. The molecule has 0 aromatic rings. The molecule has 118 valence electrons. The maximum absolute atomic E-state index is 11.6. The molecule has 1 fully saturated rings. The van der Waals surface area contributed by atoms with Crippen molar-refractivity contribution < 1.29 is 26.5 Å². The van der Waals surface area contributed by atoms with Crippen LogP contribution in [0, 0.1) is 0 Å². The molecule has 0 spiro atoms. The van der Waals surface area contributed by atoms with Crippen molar-refractivity contribution in [3.63, 3.8) is 0 Å². The summed E-state index contributed by atoms with van der Waals surface area (Å²) in [4.78, 5) is 24.6. The Kier molecular flexibility index (Phi) is 8.81. The fraction of sp³-hybridized carbons (Fsp3) is 0.857. The van der Waals surface area contributed by atoms with Crippen LogP contribution >= 0.6 is 0 Å². The fourth-order valence-electron chi connectivity index (χ4n) is 2.22. The van der Waals surface area contributed by atoms with E-state index in [1.54, 1.807) is 4.90 Å². The van der Waals surface area contributed by atoms with Crippen LogP contribution in [0.25, 0.3) is 0 Å². The molecule has 1 aliphatic rings. The van der Waals surface area contributed by atoms with Gasteiger partial charge in [0.25, 0.3) is 0 Å². The molecule has 5 nitrogen and oxygen atoms in total. The summed E-state index contributed by atoms with van der Waals surface area (Å²) in [5.41, 5.74) is 0. The SMILES string of the molecule is C[N+](C)(C)CCCCCNC(=O)CN1CCCC1=O.[Cl-]. The predicted octanol–water partition coefficient (Wildman–Crippen LogP) is -2.39.